The monoisotopic (exact) mass is 230 g/mol. The third-order valence-corrected chi connectivity index (χ3v) is 3.35. The van der Waals surface area contributed by atoms with Gasteiger partial charge in [-0.25, -0.2) is 14.6 Å². The molecule has 0 bridgehead atoms. The second-order valence-electron chi connectivity index (χ2n) is 4.51. The summed E-state index contributed by atoms with van der Waals surface area (Å²) >= 11 is 0. The van der Waals surface area contributed by atoms with E-state index in [1.807, 2.05) is 6.07 Å². The molecular formula is C12H14N4O. The highest BCUT2D eigenvalue weighted by Gasteiger charge is 2.15. The SMILES string of the molecule is Cc1nc2nc3c(cc2c(=O)n1N)CCCC3. The lowest BCUT2D eigenvalue weighted by Gasteiger charge is -2.15. The molecule has 0 spiro atoms. The van der Waals surface area contributed by atoms with Gasteiger partial charge < -0.3 is 5.84 Å². The van der Waals surface area contributed by atoms with Crippen molar-refractivity contribution >= 4 is 11.0 Å². The van der Waals surface area contributed by atoms with Gasteiger partial charge >= 0.3 is 0 Å². The molecule has 0 amide bonds. The summed E-state index contributed by atoms with van der Waals surface area (Å²) in [5.74, 6) is 6.13. The van der Waals surface area contributed by atoms with Gasteiger partial charge in [0.2, 0.25) is 0 Å². The van der Waals surface area contributed by atoms with E-state index in [-0.39, 0.29) is 5.56 Å². The zero-order chi connectivity index (χ0) is 12.0. The fourth-order valence-electron chi connectivity index (χ4n) is 2.35. The summed E-state index contributed by atoms with van der Waals surface area (Å²) in [6.45, 7) is 1.71. The molecule has 0 atom stereocenters. The van der Waals surface area contributed by atoms with Gasteiger partial charge in [0.05, 0.1) is 5.39 Å². The Morgan fingerprint density at radius 3 is 2.88 bits per heavy atom. The summed E-state index contributed by atoms with van der Waals surface area (Å²) in [4.78, 5) is 20.8. The number of hydrogen-bond acceptors (Lipinski definition) is 4. The molecular weight excluding hydrogens is 216 g/mol. The molecule has 2 heterocycles. The van der Waals surface area contributed by atoms with E-state index in [4.69, 9.17) is 5.84 Å². The first-order chi connectivity index (χ1) is 8.16. The van der Waals surface area contributed by atoms with Gasteiger partial charge in [0, 0.05) is 5.69 Å². The maximum atomic E-state index is 12.0. The van der Waals surface area contributed by atoms with Crippen LogP contribution in [-0.4, -0.2) is 14.6 Å². The summed E-state index contributed by atoms with van der Waals surface area (Å²) in [5, 5.41) is 0.527. The number of hydrogen-bond donors (Lipinski definition) is 1. The summed E-state index contributed by atoms with van der Waals surface area (Å²) in [6.07, 6.45) is 4.31. The predicted molar refractivity (Wildman–Crippen MR) is 65.3 cm³/mol. The lowest BCUT2D eigenvalue weighted by atomic mass is 9.95. The lowest BCUT2D eigenvalue weighted by molar-refractivity contribution is 0.669. The van der Waals surface area contributed by atoms with Crippen LogP contribution in [0.4, 0.5) is 0 Å². The third kappa shape index (κ3) is 1.50. The molecule has 2 aromatic rings. The number of aryl methyl sites for hydroxylation is 3. The minimum absolute atomic E-state index is 0.214. The van der Waals surface area contributed by atoms with E-state index in [1.54, 1.807) is 6.92 Å². The van der Waals surface area contributed by atoms with Crippen LogP contribution in [0.5, 0.6) is 0 Å². The minimum Gasteiger partial charge on any atom is -0.335 e. The second-order valence-corrected chi connectivity index (χ2v) is 4.51. The molecule has 0 saturated carbocycles. The molecule has 0 aromatic carbocycles. The highest BCUT2D eigenvalue weighted by atomic mass is 16.1. The van der Waals surface area contributed by atoms with Crippen LogP contribution >= 0.6 is 0 Å². The normalized spacial score (nSPS) is 14.9. The molecule has 5 nitrogen and oxygen atoms in total. The Morgan fingerprint density at radius 2 is 2.06 bits per heavy atom. The average molecular weight is 230 g/mol. The lowest BCUT2D eigenvalue weighted by Crippen LogP contribution is -2.30. The molecule has 1 aliphatic carbocycles. The van der Waals surface area contributed by atoms with Gasteiger partial charge in [0.15, 0.2) is 5.65 Å². The highest BCUT2D eigenvalue weighted by molar-refractivity contribution is 5.75. The maximum Gasteiger partial charge on any atom is 0.281 e. The summed E-state index contributed by atoms with van der Waals surface area (Å²) < 4.78 is 1.08. The third-order valence-electron chi connectivity index (χ3n) is 3.35. The molecule has 88 valence electrons. The molecule has 2 aromatic heterocycles. The molecule has 3 rings (SSSR count). The Morgan fingerprint density at radius 1 is 1.29 bits per heavy atom. The first-order valence-corrected chi connectivity index (χ1v) is 5.84. The van der Waals surface area contributed by atoms with Crippen molar-refractivity contribution in [3.05, 3.63) is 33.5 Å². The van der Waals surface area contributed by atoms with Gasteiger partial charge in [-0.3, -0.25) is 4.79 Å². The predicted octanol–water partition coefficient (Wildman–Crippen LogP) is 0.693. The van der Waals surface area contributed by atoms with E-state index < -0.39 is 0 Å². The number of fused-ring (bicyclic) bond motifs is 2. The summed E-state index contributed by atoms with van der Waals surface area (Å²) in [6, 6.07) is 1.91. The van der Waals surface area contributed by atoms with Crippen LogP contribution < -0.4 is 11.4 Å². The number of nitrogens with zero attached hydrogens (tertiary/aromatic N) is 3. The molecule has 0 fully saturated rings. The van der Waals surface area contributed by atoms with Crippen molar-refractivity contribution in [3.8, 4) is 0 Å². The second kappa shape index (κ2) is 3.55. The Hall–Kier alpha value is -1.91. The van der Waals surface area contributed by atoms with E-state index in [0.717, 1.165) is 29.6 Å². The van der Waals surface area contributed by atoms with Crippen LogP contribution in [0, 0.1) is 6.92 Å². The fraction of sp³-hybridized carbons (Fsp3) is 0.417. The minimum atomic E-state index is -0.214. The van der Waals surface area contributed by atoms with Crippen LogP contribution in [0.2, 0.25) is 0 Å². The van der Waals surface area contributed by atoms with Crippen molar-refractivity contribution < 1.29 is 0 Å². The van der Waals surface area contributed by atoms with Gasteiger partial charge in [-0.15, -0.1) is 0 Å². The van der Waals surface area contributed by atoms with Crippen molar-refractivity contribution in [1.82, 2.24) is 14.6 Å². The first-order valence-electron chi connectivity index (χ1n) is 5.84. The van der Waals surface area contributed by atoms with E-state index in [0.29, 0.717) is 16.9 Å². The highest BCUT2D eigenvalue weighted by Crippen LogP contribution is 2.21. The van der Waals surface area contributed by atoms with Crippen molar-refractivity contribution in [2.75, 3.05) is 5.84 Å². The molecule has 17 heavy (non-hydrogen) atoms. The summed E-state index contributed by atoms with van der Waals surface area (Å²) in [5.41, 5.74) is 2.57. The quantitative estimate of drug-likeness (QED) is 0.676. The van der Waals surface area contributed by atoms with Crippen molar-refractivity contribution in [1.29, 1.82) is 0 Å². The van der Waals surface area contributed by atoms with Crippen LogP contribution in [0.1, 0.15) is 29.9 Å². The van der Waals surface area contributed by atoms with Gasteiger partial charge in [-0.05, 0) is 44.2 Å². The van der Waals surface area contributed by atoms with E-state index in [9.17, 15) is 4.79 Å². The van der Waals surface area contributed by atoms with E-state index >= 15 is 0 Å². The van der Waals surface area contributed by atoms with Gasteiger partial charge in [0.25, 0.3) is 5.56 Å². The van der Waals surface area contributed by atoms with Crippen molar-refractivity contribution in [3.63, 3.8) is 0 Å². The average Bonchev–Trinajstić information content (AvgIpc) is 2.34. The number of nitrogen functional groups attached to an aromatic ring is 1. The van der Waals surface area contributed by atoms with Crippen molar-refractivity contribution in [2.45, 2.75) is 32.6 Å². The maximum absolute atomic E-state index is 12.0. The van der Waals surface area contributed by atoms with E-state index in [1.165, 1.54) is 12.0 Å². The Bertz CT molecular complexity index is 660. The van der Waals surface area contributed by atoms with Crippen molar-refractivity contribution in [2.24, 2.45) is 0 Å². The number of pyridine rings is 1. The van der Waals surface area contributed by atoms with Gasteiger partial charge in [0.1, 0.15) is 5.82 Å². The summed E-state index contributed by atoms with van der Waals surface area (Å²) in [7, 11) is 0. The molecule has 0 saturated heterocycles. The zero-order valence-electron chi connectivity index (χ0n) is 9.73. The molecule has 2 N–H and O–H groups in total. The largest absolute Gasteiger partial charge is 0.335 e. The Balaban J connectivity index is 2.38. The Labute approximate surface area is 98.3 Å². The Kier molecular flexibility index (Phi) is 2.14. The number of aromatic nitrogens is 3. The van der Waals surface area contributed by atoms with Crippen LogP contribution in [0.15, 0.2) is 10.9 Å². The van der Waals surface area contributed by atoms with Gasteiger partial charge in [-0.2, -0.15) is 0 Å². The van der Waals surface area contributed by atoms with E-state index in [2.05, 4.69) is 9.97 Å². The molecule has 1 aliphatic rings. The van der Waals surface area contributed by atoms with Crippen LogP contribution in [0.3, 0.4) is 0 Å². The van der Waals surface area contributed by atoms with Crippen LogP contribution in [0.25, 0.3) is 11.0 Å². The van der Waals surface area contributed by atoms with Crippen LogP contribution in [-0.2, 0) is 12.8 Å². The number of nitrogens with two attached hydrogens (primary N) is 1. The topological polar surface area (TPSA) is 73.8 Å². The number of rotatable bonds is 0. The molecule has 5 heteroatoms. The fourth-order valence-corrected chi connectivity index (χ4v) is 2.35. The molecule has 0 unspecified atom stereocenters. The zero-order valence-corrected chi connectivity index (χ0v) is 9.73. The standard InChI is InChI=1S/C12H14N4O/c1-7-14-11-9(12(17)16(7)13)6-8-4-2-3-5-10(8)15-11/h6H,2-5,13H2,1H3. The molecule has 0 radical (unpaired) electrons. The molecule has 0 aliphatic heterocycles. The first kappa shape index (κ1) is 10.3. The van der Waals surface area contributed by atoms with Gasteiger partial charge in [-0.1, -0.05) is 0 Å². The smallest absolute Gasteiger partial charge is 0.281 e.